The summed E-state index contributed by atoms with van der Waals surface area (Å²) in [5, 5.41) is 13.2. The summed E-state index contributed by atoms with van der Waals surface area (Å²) < 4.78 is 0. The van der Waals surface area contributed by atoms with Gasteiger partial charge >= 0.3 is 0 Å². The van der Waals surface area contributed by atoms with Crippen LogP contribution < -0.4 is 0 Å². The van der Waals surface area contributed by atoms with E-state index >= 15 is 0 Å². The van der Waals surface area contributed by atoms with E-state index < -0.39 is 5.72 Å². The van der Waals surface area contributed by atoms with Crippen LogP contribution in [0.3, 0.4) is 0 Å². The van der Waals surface area contributed by atoms with Crippen molar-refractivity contribution in [2.45, 2.75) is 12.1 Å². The predicted octanol–water partition coefficient (Wildman–Crippen LogP) is 2.21. The van der Waals surface area contributed by atoms with Gasteiger partial charge in [0.2, 0.25) is 0 Å². The van der Waals surface area contributed by atoms with Crippen molar-refractivity contribution in [1.82, 2.24) is 4.90 Å². The Kier molecular flexibility index (Phi) is 2.31. The summed E-state index contributed by atoms with van der Waals surface area (Å²) in [5.74, 6) is 0.942. The average molecular weight is 270 g/mol. The van der Waals surface area contributed by atoms with E-state index in [9.17, 15) is 5.11 Å². The summed E-state index contributed by atoms with van der Waals surface area (Å²) in [6, 6.07) is 12.2. The quantitative estimate of drug-likeness (QED) is 0.862. The molecule has 1 N–H and O–H groups in total. The van der Waals surface area contributed by atoms with Crippen molar-refractivity contribution in [2.24, 2.45) is 4.99 Å². The van der Waals surface area contributed by atoms with E-state index in [0.29, 0.717) is 6.42 Å². The third-order valence-electron chi connectivity index (χ3n) is 3.90. The van der Waals surface area contributed by atoms with Gasteiger partial charge in [-0.25, -0.2) is 0 Å². The lowest BCUT2D eigenvalue weighted by Gasteiger charge is -2.42. The Morgan fingerprint density at radius 3 is 2.95 bits per heavy atom. The van der Waals surface area contributed by atoms with E-state index in [-0.39, 0.29) is 0 Å². The van der Waals surface area contributed by atoms with Gasteiger partial charge < -0.3 is 10.0 Å². The van der Waals surface area contributed by atoms with Gasteiger partial charge in [0.05, 0.1) is 11.4 Å². The van der Waals surface area contributed by atoms with Crippen LogP contribution in [0.2, 0.25) is 0 Å². The Bertz CT molecular complexity index is 650. The zero-order chi connectivity index (χ0) is 12.9. The van der Waals surface area contributed by atoms with Gasteiger partial charge in [-0.3, -0.25) is 4.99 Å². The standard InChI is InChI=1S/C15H14N2OS/c18-15(13-6-3-9-19-13)10-11-4-1-2-5-12(11)14-16-7-8-17(14)15/h1-6,9,18H,7-8,10H2. The lowest BCUT2D eigenvalue weighted by atomic mass is 9.90. The number of aliphatic hydroxyl groups is 1. The Balaban J connectivity index is 1.91. The van der Waals surface area contributed by atoms with E-state index in [1.165, 1.54) is 11.1 Å². The largest absolute Gasteiger partial charge is 0.366 e. The van der Waals surface area contributed by atoms with Crippen LogP contribution in [-0.2, 0) is 12.1 Å². The molecule has 1 atom stereocenters. The Morgan fingerprint density at radius 2 is 2.11 bits per heavy atom. The van der Waals surface area contributed by atoms with Gasteiger partial charge in [0.25, 0.3) is 0 Å². The van der Waals surface area contributed by atoms with Crippen LogP contribution >= 0.6 is 11.3 Å². The van der Waals surface area contributed by atoms with Crippen LogP contribution in [0.1, 0.15) is 16.0 Å². The fourth-order valence-electron chi connectivity index (χ4n) is 3.02. The number of thiophene rings is 1. The zero-order valence-electron chi connectivity index (χ0n) is 10.4. The van der Waals surface area contributed by atoms with Crippen LogP contribution in [0.15, 0.2) is 46.8 Å². The van der Waals surface area contributed by atoms with E-state index in [1.807, 2.05) is 29.6 Å². The smallest absolute Gasteiger partial charge is 0.179 e. The maximum absolute atomic E-state index is 11.2. The number of fused-ring (bicyclic) bond motifs is 3. The minimum atomic E-state index is -0.933. The number of amidine groups is 1. The van der Waals surface area contributed by atoms with Crippen molar-refractivity contribution in [2.75, 3.05) is 13.1 Å². The maximum atomic E-state index is 11.2. The second kappa shape index (κ2) is 3.92. The molecule has 19 heavy (non-hydrogen) atoms. The number of hydrogen-bond acceptors (Lipinski definition) is 4. The van der Waals surface area contributed by atoms with Crippen molar-refractivity contribution in [3.63, 3.8) is 0 Å². The third kappa shape index (κ3) is 1.50. The second-order valence-electron chi connectivity index (χ2n) is 4.98. The lowest BCUT2D eigenvalue weighted by Crippen LogP contribution is -2.52. The van der Waals surface area contributed by atoms with Crippen LogP contribution in [0, 0.1) is 0 Å². The summed E-state index contributed by atoms with van der Waals surface area (Å²) in [7, 11) is 0. The Hall–Kier alpha value is -1.65. The number of benzene rings is 1. The van der Waals surface area contributed by atoms with Crippen molar-refractivity contribution in [3.05, 3.63) is 57.8 Å². The summed E-state index contributed by atoms with van der Waals surface area (Å²) in [6.45, 7) is 1.55. The molecule has 0 fully saturated rings. The van der Waals surface area contributed by atoms with Crippen LogP contribution in [0.25, 0.3) is 0 Å². The van der Waals surface area contributed by atoms with Crippen LogP contribution in [0.4, 0.5) is 0 Å². The van der Waals surface area contributed by atoms with E-state index in [1.54, 1.807) is 11.3 Å². The highest BCUT2D eigenvalue weighted by molar-refractivity contribution is 7.10. The molecule has 0 spiro atoms. The molecule has 1 unspecified atom stereocenters. The van der Waals surface area contributed by atoms with Gasteiger partial charge in [-0.05, 0) is 17.0 Å². The van der Waals surface area contributed by atoms with E-state index in [2.05, 4.69) is 22.0 Å². The SMILES string of the molecule is OC1(c2cccs2)Cc2ccccc2C2=NCCN21. The first-order chi connectivity index (χ1) is 9.29. The highest BCUT2D eigenvalue weighted by atomic mass is 32.1. The molecule has 0 saturated carbocycles. The number of hydrogen-bond donors (Lipinski definition) is 1. The minimum Gasteiger partial charge on any atom is -0.366 e. The molecule has 2 aliphatic heterocycles. The van der Waals surface area contributed by atoms with Crippen molar-refractivity contribution >= 4 is 17.2 Å². The average Bonchev–Trinajstić information content (AvgIpc) is 3.11. The molecule has 0 radical (unpaired) electrons. The molecule has 0 bridgehead atoms. The summed E-state index contributed by atoms with van der Waals surface area (Å²) >= 11 is 1.61. The van der Waals surface area contributed by atoms with Gasteiger partial charge in [0.15, 0.2) is 5.72 Å². The van der Waals surface area contributed by atoms with Gasteiger partial charge in [0.1, 0.15) is 5.84 Å². The molecule has 3 heterocycles. The first-order valence-corrected chi connectivity index (χ1v) is 7.34. The molecular weight excluding hydrogens is 256 g/mol. The normalized spacial score (nSPS) is 24.9. The first kappa shape index (κ1) is 11.2. The molecule has 0 amide bonds. The van der Waals surface area contributed by atoms with E-state index in [0.717, 1.165) is 23.8 Å². The summed E-state index contributed by atoms with van der Waals surface area (Å²) in [4.78, 5) is 7.65. The first-order valence-electron chi connectivity index (χ1n) is 6.46. The summed E-state index contributed by atoms with van der Waals surface area (Å²) in [6.07, 6.45) is 0.628. The number of aliphatic imine (C=N–C) groups is 1. The monoisotopic (exact) mass is 270 g/mol. The third-order valence-corrected chi connectivity index (χ3v) is 4.91. The number of rotatable bonds is 1. The van der Waals surface area contributed by atoms with Crippen molar-refractivity contribution in [3.8, 4) is 0 Å². The molecule has 2 aromatic rings. The maximum Gasteiger partial charge on any atom is 0.179 e. The Morgan fingerprint density at radius 1 is 1.21 bits per heavy atom. The van der Waals surface area contributed by atoms with Crippen LogP contribution in [0.5, 0.6) is 0 Å². The summed E-state index contributed by atoms with van der Waals surface area (Å²) in [5.41, 5.74) is 1.41. The molecule has 0 aliphatic carbocycles. The minimum absolute atomic E-state index is 0.628. The highest BCUT2D eigenvalue weighted by Crippen LogP contribution is 2.40. The van der Waals surface area contributed by atoms with Crippen molar-refractivity contribution in [1.29, 1.82) is 0 Å². The Labute approximate surface area is 115 Å². The lowest BCUT2D eigenvalue weighted by molar-refractivity contribution is -0.0713. The fraction of sp³-hybridized carbons (Fsp3) is 0.267. The van der Waals surface area contributed by atoms with Crippen LogP contribution in [-0.4, -0.2) is 28.9 Å². The van der Waals surface area contributed by atoms with Gasteiger partial charge in [-0.1, -0.05) is 30.3 Å². The molecule has 0 saturated heterocycles. The molecule has 4 heteroatoms. The topological polar surface area (TPSA) is 35.8 Å². The molecule has 4 rings (SSSR count). The van der Waals surface area contributed by atoms with E-state index in [4.69, 9.17) is 0 Å². The molecule has 96 valence electrons. The highest BCUT2D eigenvalue weighted by Gasteiger charge is 2.45. The molecule has 1 aromatic heterocycles. The zero-order valence-corrected chi connectivity index (χ0v) is 11.2. The van der Waals surface area contributed by atoms with Crippen molar-refractivity contribution < 1.29 is 5.11 Å². The fourth-order valence-corrected chi connectivity index (χ4v) is 3.85. The number of nitrogens with zero attached hydrogens (tertiary/aromatic N) is 2. The van der Waals surface area contributed by atoms with Gasteiger partial charge in [0, 0.05) is 18.5 Å². The predicted molar refractivity (Wildman–Crippen MR) is 76.5 cm³/mol. The molecular formula is C15H14N2OS. The van der Waals surface area contributed by atoms with Gasteiger partial charge in [-0.15, -0.1) is 11.3 Å². The van der Waals surface area contributed by atoms with Gasteiger partial charge in [-0.2, -0.15) is 0 Å². The molecule has 1 aromatic carbocycles. The molecule has 2 aliphatic rings. The molecule has 3 nitrogen and oxygen atoms in total. The second-order valence-corrected chi connectivity index (χ2v) is 5.93.